The molecule has 1 aliphatic heterocycles. The van der Waals surface area contributed by atoms with Gasteiger partial charge in [0.05, 0.1) is 10.9 Å². The molecule has 2 aromatic heterocycles. The van der Waals surface area contributed by atoms with E-state index in [4.69, 9.17) is 0 Å². The predicted octanol–water partition coefficient (Wildman–Crippen LogP) is 2.22. The van der Waals surface area contributed by atoms with Crippen molar-refractivity contribution in [1.82, 2.24) is 24.8 Å². The first kappa shape index (κ1) is 21.7. The van der Waals surface area contributed by atoms with Crippen molar-refractivity contribution in [2.45, 2.75) is 64.8 Å². The molecule has 2 aliphatic rings. The van der Waals surface area contributed by atoms with Gasteiger partial charge in [-0.05, 0) is 57.2 Å². The zero-order valence-corrected chi connectivity index (χ0v) is 18.6. The van der Waals surface area contributed by atoms with Gasteiger partial charge in [0.1, 0.15) is 0 Å². The largest absolute Gasteiger partial charge is 0.352 e. The van der Waals surface area contributed by atoms with Crippen LogP contribution in [0, 0.1) is 5.92 Å². The number of piperidine rings is 1. The number of nitrogens with zero attached hydrogens (tertiary/aromatic N) is 3. The smallest absolute Gasteiger partial charge is 0.329 e. The first-order valence-corrected chi connectivity index (χ1v) is 11.7. The standard InChI is InChI=1S/C23H33N5O3/c1-3-9-28-20-19(22(30)26-23(28)31)17(12-18(25-20)16-7-8-16)21(29)24-13-15(2)14-27-10-5-4-6-11-27/h12,15-16H,3-11,13-14H2,1-2H3,(H,24,29)(H,26,30,31). The lowest BCUT2D eigenvalue weighted by atomic mass is 10.1. The molecule has 1 aliphatic carbocycles. The molecule has 1 unspecified atom stereocenters. The van der Waals surface area contributed by atoms with Crippen molar-refractivity contribution in [3.8, 4) is 0 Å². The Labute approximate surface area is 182 Å². The Kier molecular flexibility index (Phi) is 6.55. The second-order valence-corrected chi connectivity index (χ2v) is 9.15. The van der Waals surface area contributed by atoms with Crippen LogP contribution in [0.1, 0.15) is 74.3 Å². The van der Waals surface area contributed by atoms with Crippen molar-refractivity contribution in [2.24, 2.45) is 5.92 Å². The highest BCUT2D eigenvalue weighted by molar-refractivity contribution is 6.05. The van der Waals surface area contributed by atoms with Crippen LogP contribution in [0.3, 0.4) is 0 Å². The number of aryl methyl sites for hydroxylation is 1. The second-order valence-electron chi connectivity index (χ2n) is 9.15. The molecule has 0 bridgehead atoms. The van der Waals surface area contributed by atoms with Crippen LogP contribution in [0.15, 0.2) is 15.7 Å². The predicted molar refractivity (Wildman–Crippen MR) is 121 cm³/mol. The van der Waals surface area contributed by atoms with Gasteiger partial charge < -0.3 is 10.2 Å². The third-order valence-corrected chi connectivity index (χ3v) is 6.29. The van der Waals surface area contributed by atoms with Crippen molar-refractivity contribution >= 4 is 16.9 Å². The van der Waals surface area contributed by atoms with Crippen LogP contribution >= 0.6 is 0 Å². The Bertz CT molecular complexity index is 1060. The van der Waals surface area contributed by atoms with Crippen molar-refractivity contribution in [3.63, 3.8) is 0 Å². The number of rotatable bonds is 8. The SMILES string of the molecule is CCCn1c(=O)[nH]c(=O)c2c(C(=O)NCC(C)CN3CCCCC3)cc(C3CC3)nc21. The number of amides is 1. The maximum Gasteiger partial charge on any atom is 0.329 e. The van der Waals surface area contributed by atoms with Gasteiger partial charge in [-0.25, -0.2) is 9.78 Å². The van der Waals surface area contributed by atoms with Gasteiger partial charge in [0.25, 0.3) is 11.5 Å². The van der Waals surface area contributed by atoms with Crippen LogP contribution in [-0.2, 0) is 6.54 Å². The molecule has 4 rings (SSSR count). The van der Waals surface area contributed by atoms with Crippen LogP contribution in [0.4, 0.5) is 0 Å². The molecule has 2 N–H and O–H groups in total. The molecule has 1 amide bonds. The van der Waals surface area contributed by atoms with Gasteiger partial charge in [0, 0.05) is 31.2 Å². The number of hydrogen-bond donors (Lipinski definition) is 2. The van der Waals surface area contributed by atoms with Crippen molar-refractivity contribution in [1.29, 1.82) is 0 Å². The van der Waals surface area contributed by atoms with Crippen LogP contribution < -0.4 is 16.6 Å². The molecule has 8 nitrogen and oxygen atoms in total. The summed E-state index contributed by atoms with van der Waals surface area (Å²) in [7, 11) is 0. The summed E-state index contributed by atoms with van der Waals surface area (Å²) in [5.41, 5.74) is 0.429. The Morgan fingerprint density at radius 2 is 2.00 bits per heavy atom. The fraction of sp³-hybridized carbons (Fsp3) is 0.652. The number of likely N-dealkylation sites (tertiary alicyclic amines) is 1. The fourth-order valence-electron chi connectivity index (χ4n) is 4.50. The molecule has 1 atom stereocenters. The van der Waals surface area contributed by atoms with Gasteiger partial charge in [-0.1, -0.05) is 20.3 Å². The van der Waals surface area contributed by atoms with E-state index in [0.717, 1.165) is 44.6 Å². The van der Waals surface area contributed by atoms with Gasteiger partial charge in [-0.2, -0.15) is 0 Å². The van der Waals surface area contributed by atoms with Crippen molar-refractivity contribution in [3.05, 3.63) is 38.2 Å². The topological polar surface area (TPSA) is 100 Å². The van der Waals surface area contributed by atoms with E-state index in [1.165, 1.54) is 23.8 Å². The molecule has 1 saturated carbocycles. The average molecular weight is 428 g/mol. The molecule has 0 spiro atoms. The zero-order chi connectivity index (χ0) is 22.0. The molecule has 2 fully saturated rings. The highest BCUT2D eigenvalue weighted by atomic mass is 16.2. The van der Waals surface area contributed by atoms with E-state index in [-0.39, 0.29) is 11.3 Å². The molecule has 0 aromatic carbocycles. The quantitative estimate of drug-likeness (QED) is 0.673. The number of aromatic amines is 1. The highest BCUT2D eigenvalue weighted by Crippen LogP contribution is 2.39. The number of carbonyl (C=O) groups excluding carboxylic acids is 1. The van der Waals surface area contributed by atoms with Gasteiger partial charge in [-0.3, -0.25) is 19.1 Å². The number of aromatic nitrogens is 3. The summed E-state index contributed by atoms with van der Waals surface area (Å²) >= 11 is 0. The Morgan fingerprint density at radius 3 is 2.68 bits per heavy atom. The van der Waals surface area contributed by atoms with Crippen LogP contribution in [0.25, 0.3) is 11.0 Å². The Morgan fingerprint density at radius 1 is 1.26 bits per heavy atom. The summed E-state index contributed by atoms with van der Waals surface area (Å²) < 4.78 is 1.48. The van der Waals surface area contributed by atoms with E-state index in [9.17, 15) is 14.4 Å². The minimum atomic E-state index is -0.547. The number of nitrogens with one attached hydrogen (secondary N) is 2. The minimum Gasteiger partial charge on any atom is -0.352 e. The summed E-state index contributed by atoms with van der Waals surface area (Å²) in [6.45, 7) is 8.31. The molecular formula is C23H33N5O3. The van der Waals surface area contributed by atoms with E-state index in [1.807, 2.05) is 6.92 Å². The third kappa shape index (κ3) is 4.89. The second kappa shape index (κ2) is 9.34. The summed E-state index contributed by atoms with van der Waals surface area (Å²) in [4.78, 5) is 47.7. The number of carbonyl (C=O) groups is 1. The van der Waals surface area contributed by atoms with Crippen LogP contribution in [0.2, 0.25) is 0 Å². The van der Waals surface area contributed by atoms with E-state index in [1.54, 1.807) is 6.07 Å². The highest BCUT2D eigenvalue weighted by Gasteiger charge is 2.28. The zero-order valence-electron chi connectivity index (χ0n) is 18.6. The number of fused-ring (bicyclic) bond motifs is 1. The van der Waals surface area contributed by atoms with E-state index in [0.29, 0.717) is 36.1 Å². The van der Waals surface area contributed by atoms with E-state index < -0.39 is 11.2 Å². The van der Waals surface area contributed by atoms with Gasteiger partial charge in [-0.15, -0.1) is 0 Å². The monoisotopic (exact) mass is 427 g/mol. The number of pyridine rings is 1. The van der Waals surface area contributed by atoms with E-state index in [2.05, 4.69) is 27.1 Å². The first-order chi connectivity index (χ1) is 15.0. The summed E-state index contributed by atoms with van der Waals surface area (Å²) in [6.07, 6.45) is 6.56. The number of H-pyrrole nitrogens is 1. The lowest BCUT2D eigenvalue weighted by Crippen LogP contribution is -2.38. The lowest BCUT2D eigenvalue weighted by Gasteiger charge is -2.29. The van der Waals surface area contributed by atoms with E-state index >= 15 is 0 Å². The van der Waals surface area contributed by atoms with Gasteiger partial charge in [0.15, 0.2) is 5.65 Å². The van der Waals surface area contributed by atoms with Gasteiger partial charge >= 0.3 is 5.69 Å². The molecule has 8 heteroatoms. The van der Waals surface area contributed by atoms with Gasteiger partial charge in [0.2, 0.25) is 0 Å². The molecule has 2 aromatic rings. The van der Waals surface area contributed by atoms with Crippen molar-refractivity contribution in [2.75, 3.05) is 26.2 Å². The van der Waals surface area contributed by atoms with Crippen LogP contribution in [0.5, 0.6) is 0 Å². The molecular weight excluding hydrogens is 394 g/mol. The van der Waals surface area contributed by atoms with Crippen molar-refractivity contribution < 1.29 is 4.79 Å². The first-order valence-electron chi connectivity index (χ1n) is 11.7. The molecule has 168 valence electrons. The summed E-state index contributed by atoms with van der Waals surface area (Å²) in [5.74, 6) is 0.347. The molecule has 3 heterocycles. The lowest BCUT2D eigenvalue weighted by molar-refractivity contribution is 0.0944. The molecule has 0 radical (unpaired) electrons. The fourth-order valence-corrected chi connectivity index (χ4v) is 4.50. The molecule has 1 saturated heterocycles. The molecule has 31 heavy (non-hydrogen) atoms. The minimum absolute atomic E-state index is 0.207. The normalized spacial score (nSPS) is 18.3. The maximum atomic E-state index is 13.2. The average Bonchev–Trinajstić information content (AvgIpc) is 3.60. The maximum absolute atomic E-state index is 13.2. The summed E-state index contributed by atoms with van der Waals surface area (Å²) in [6, 6.07) is 1.75. The number of hydrogen-bond acceptors (Lipinski definition) is 5. The summed E-state index contributed by atoms with van der Waals surface area (Å²) in [5, 5.41) is 3.23. The van der Waals surface area contributed by atoms with Crippen LogP contribution in [-0.4, -0.2) is 51.5 Å². The third-order valence-electron chi connectivity index (χ3n) is 6.29. The Hall–Kier alpha value is -2.48. The Balaban J connectivity index is 1.61.